The zero-order valence-electron chi connectivity index (χ0n) is 12.5. The molecule has 0 bridgehead atoms. The van der Waals surface area contributed by atoms with E-state index >= 15 is 0 Å². The number of carbonyl (C=O) groups is 1. The number of carbonyl (C=O) groups excluding carboxylic acids is 1. The van der Waals surface area contributed by atoms with Crippen LogP contribution in [0, 0.1) is 5.92 Å². The van der Waals surface area contributed by atoms with Crippen molar-refractivity contribution in [2.24, 2.45) is 5.92 Å². The lowest BCUT2D eigenvalue weighted by Gasteiger charge is -2.22. The van der Waals surface area contributed by atoms with Gasteiger partial charge in [-0.1, -0.05) is 17.3 Å². The van der Waals surface area contributed by atoms with Gasteiger partial charge in [0.15, 0.2) is 5.58 Å². The maximum absolute atomic E-state index is 12.0. The number of benzene rings is 1. The molecule has 1 aliphatic rings. The Morgan fingerprint density at radius 1 is 1.41 bits per heavy atom. The van der Waals surface area contributed by atoms with E-state index in [0.717, 1.165) is 37.0 Å². The molecule has 1 atom stereocenters. The summed E-state index contributed by atoms with van der Waals surface area (Å²) in [4.78, 5) is 12.0. The first-order valence-electron chi connectivity index (χ1n) is 7.63. The molecule has 1 fully saturated rings. The lowest BCUT2D eigenvalue weighted by molar-refractivity contribution is -0.120. The molecule has 1 amide bonds. The van der Waals surface area contributed by atoms with Crippen LogP contribution in [0.4, 0.5) is 0 Å². The highest BCUT2D eigenvalue weighted by Gasteiger charge is 2.14. The number of hydrogen-bond acceptors (Lipinski definition) is 4. The summed E-state index contributed by atoms with van der Waals surface area (Å²) in [6.45, 7) is 2.94. The SMILES string of the molecule is Cl.O=C(Cc1noc2ccccc12)NCCC1CCCNC1. The molecule has 6 heteroatoms. The minimum atomic E-state index is 0. The first kappa shape index (κ1) is 16.8. The predicted molar refractivity (Wildman–Crippen MR) is 88.2 cm³/mol. The van der Waals surface area contributed by atoms with Gasteiger partial charge >= 0.3 is 0 Å². The van der Waals surface area contributed by atoms with E-state index in [1.165, 1.54) is 12.8 Å². The van der Waals surface area contributed by atoms with Crippen molar-refractivity contribution in [1.82, 2.24) is 15.8 Å². The van der Waals surface area contributed by atoms with Crippen LogP contribution in [-0.4, -0.2) is 30.7 Å². The van der Waals surface area contributed by atoms with E-state index in [1.807, 2.05) is 24.3 Å². The van der Waals surface area contributed by atoms with Gasteiger partial charge in [-0.05, 0) is 50.4 Å². The van der Waals surface area contributed by atoms with E-state index in [0.29, 0.717) is 11.6 Å². The fourth-order valence-corrected chi connectivity index (χ4v) is 2.87. The Labute approximate surface area is 136 Å². The Kier molecular flexibility index (Phi) is 6.21. The molecule has 1 aromatic carbocycles. The largest absolute Gasteiger partial charge is 0.356 e. The van der Waals surface area contributed by atoms with E-state index in [1.54, 1.807) is 0 Å². The summed E-state index contributed by atoms with van der Waals surface area (Å²) in [5.74, 6) is 0.699. The molecule has 0 spiro atoms. The number of hydrogen-bond donors (Lipinski definition) is 2. The number of fused-ring (bicyclic) bond motifs is 1. The number of aromatic nitrogens is 1. The maximum atomic E-state index is 12.0. The number of nitrogens with one attached hydrogen (secondary N) is 2. The van der Waals surface area contributed by atoms with Gasteiger partial charge < -0.3 is 15.2 Å². The number of halogens is 1. The summed E-state index contributed by atoms with van der Waals surface area (Å²) >= 11 is 0. The molecule has 2 N–H and O–H groups in total. The first-order chi connectivity index (χ1) is 10.3. The smallest absolute Gasteiger partial charge is 0.226 e. The van der Waals surface area contributed by atoms with E-state index in [-0.39, 0.29) is 24.7 Å². The quantitative estimate of drug-likeness (QED) is 0.886. The third-order valence-electron chi connectivity index (χ3n) is 4.05. The number of rotatable bonds is 5. The fraction of sp³-hybridized carbons (Fsp3) is 0.500. The second kappa shape index (κ2) is 8.15. The van der Waals surface area contributed by atoms with Crippen molar-refractivity contribution in [2.75, 3.05) is 19.6 Å². The number of para-hydroxylation sites is 1. The van der Waals surface area contributed by atoms with Crippen molar-refractivity contribution in [3.63, 3.8) is 0 Å². The molecule has 5 nitrogen and oxygen atoms in total. The molecule has 2 aromatic rings. The lowest BCUT2D eigenvalue weighted by atomic mass is 9.96. The summed E-state index contributed by atoms with van der Waals surface area (Å²) < 4.78 is 5.21. The molecule has 3 rings (SSSR count). The van der Waals surface area contributed by atoms with E-state index in [4.69, 9.17) is 4.52 Å². The zero-order chi connectivity index (χ0) is 14.5. The van der Waals surface area contributed by atoms with Gasteiger partial charge in [0.2, 0.25) is 5.91 Å². The van der Waals surface area contributed by atoms with Crippen LogP contribution in [0.15, 0.2) is 28.8 Å². The molecular weight excluding hydrogens is 302 g/mol. The highest BCUT2D eigenvalue weighted by molar-refractivity contribution is 5.86. The van der Waals surface area contributed by atoms with Gasteiger partial charge in [0.1, 0.15) is 5.69 Å². The van der Waals surface area contributed by atoms with Gasteiger partial charge in [0, 0.05) is 11.9 Å². The Balaban J connectivity index is 0.00000176. The highest BCUT2D eigenvalue weighted by atomic mass is 35.5. The van der Waals surface area contributed by atoms with Gasteiger partial charge in [0.25, 0.3) is 0 Å². The maximum Gasteiger partial charge on any atom is 0.226 e. The van der Waals surface area contributed by atoms with Crippen molar-refractivity contribution < 1.29 is 9.32 Å². The molecule has 2 heterocycles. The Hall–Kier alpha value is -1.59. The van der Waals surface area contributed by atoms with Crippen LogP contribution in [0.25, 0.3) is 11.0 Å². The zero-order valence-corrected chi connectivity index (χ0v) is 13.3. The van der Waals surface area contributed by atoms with Crippen molar-refractivity contribution in [2.45, 2.75) is 25.7 Å². The average molecular weight is 324 g/mol. The minimum absolute atomic E-state index is 0. The van der Waals surface area contributed by atoms with Gasteiger partial charge in [-0.3, -0.25) is 4.79 Å². The second-order valence-electron chi connectivity index (χ2n) is 5.65. The standard InChI is InChI=1S/C16H21N3O2.ClH/c20-16(18-9-7-12-4-3-8-17-11-12)10-14-13-5-1-2-6-15(13)21-19-14;/h1-2,5-6,12,17H,3-4,7-11H2,(H,18,20);1H. The summed E-state index contributed by atoms with van der Waals surface area (Å²) in [7, 11) is 0. The van der Waals surface area contributed by atoms with Crippen LogP contribution in [0.3, 0.4) is 0 Å². The summed E-state index contributed by atoms with van der Waals surface area (Å²) in [5.41, 5.74) is 1.44. The highest BCUT2D eigenvalue weighted by Crippen LogP contribution is 2.18. The summed E-state index contributed by atoms with van der Waals surface area (Å²) in [5, 5.41) is 11.3. The third kappa shape index (κ3) is 4.21. The van der Waals surface area contributed by atoms with E-state index in [2.05, 4.69) is 15.8 Å². The van der Waals surface area contributed by atoms with Crippen molar-refractivity contribution in [3.8, 4) is 0 Å². The molecule has 0 radical (unpaired) electrons. The van der Waals surface area contributed by atoms with Crippen LogP contribution in [0.1, 0.15) is 25.0 Å². The monoisotopic (exact) mass is 323 g/mol. The molecule has 0 aliphatic carbocycles. The first-order valence-corrected chi connectivity index (χ1v) is 7.63. The van der Waals surface area contributed by atoms with Gasteiger partial charge in [0.05, 0.1) is 6.42 Å². The number of amides is 1. The van der Waals surface area contributed by atoms with Crippen molar-refractivity contribution in [1.29, 1.82) is 0 Å². The van der Waals surface area contributed by atoms with E-state index in [9.17, 15) is 4.79 Å². The van der Waals surface area contributed by atoms with Crippen LogP contribution in [-0.2, 0) is 11.2 Å². The number of nitrogens with zero attached hydrogens (tertiary/aromatic N) is 1. The molecule has 120 valence electrons. The molecule has 1 aromatic heterocycles. The van der Waals surface area contributed by atoms with Crippen LogP contribution < -0.4 is 10.6 Å². The van der Waals surface area contributed by atoms with Crippen molar-refractivity contribution in [3.05, 3.63) is 30.0 Å². The van der Waals surface area contributed by atoms with Crippen molar-refractivity contribution >= 4 is 29.3 Å². The summed E-state index contributed by atoms with van der Waals surface area (Å²) in [6.07, 6.45) is 3.82. The third-order valence-corrected chi connectivity index (χ3v) is 4.05. The normalized spacial score (nSPS) is 17.9. The Morgan fingerprint density at radius 2 is 2.27 bits per heavy atom. The fourth-order valence-electron chi connectivity index (χ4n) is 2.87. The van der Waals surface area contributed by atoms with Gasteiger partial charge in [-0.25, -0.2) is 0 Å². The Bertz CT molecular complexity index is 608. The lowest BCUT2D eigenvalue weighted by Crippen LogP contribution is -2.33. The van der Waals surface area contributed by atoms with Crippen LogP contribution in [0.2, 0.25) is 0 Å². The van der Waals surface area contributed by atoms with Gasteiger partial charge in [-0.2, -0.15) is 0 Å². The molecule has 22 heavy (non-hydrogen) atoms. The predicted octanol–water partition coefficient (Wildman–Crippen LogP) is 2.30. The van der Waals surface area contributed by atoms with E-state index < -0.39 is 0 Å². The minimum Gasteiger partial charge on any atom is -0.356 e. The van der Waals surface area contributed by atoms with Gasteiger partial charge in [-0.15, -0.1) is 12.4 Å². The molecule has 1 saturated heterocycles. The second-order valence-corrected chi connectivity index (χ2v) is 5.65. The molecule has 1 aliphatic heterocycles. The molecule has 1 unspecified atom stereocenters. The number of piperidine rings is 1. The van der Waals surface area contributed by atoms with Crippen LogP contribution >= 0.6 is 12.4 Å². The molecular formula is C16H22ClN3O2. The summed E-state index contributed by atoms with van der Waals surface area (Å²) in [6, 6.07) is 7.62. The topological polar surface area (TPSA) is 67.2 Å². The molecule has 0 saturated carbocycles. The van der Waals surface area contributed by atoms with Crippen LogP contribution in [0.5, 0.6) is 0 Å². The average Bonchev–Trinajstić information content (AvgIpc) is 2.92. The Morgan fingerprint density at radius 3 is 3.09 bits per heavy atom.